The summed E-state index contributed by atoms with van der Waals surface area (Å²) in [4.78, 5) is 59.4. The zero-order chi connectivity index (χ0) is 50.8. The van der Waals surface area contributed by atoms with Crippen LogP contribution in [0.3, 0.4) is 0 Å². The van der Waals surface area contributed by atoms with E-state index in [0.29, 0.717) is 60.7 Å². The minimum atomic E-state index is -3.94. The van der Waals surface area contributed by atoms with Gasteiger partial charge in [-0.15, -0.1) is 12.1 Å². The maximum absolute atomic E-state index is 14.0. The topological polar surface area (TPSA) is 289 Å². The number of imidazole rings is 2. The molecule has 0 aliphatic carbocycles. The Kier molecular flexibility index (Phi) is 25.8. The van der Waals surface area contributed by atoms with Crippen LogP contribution in [-0.2, 0) is 56.9 Å². The van der Waals surface area contributed by atoms with Gasteiger partial charge in [-0.05, 0) is 59.9 Å². The van der Waals surface area contributed by atoms with E-state index in [1.165, 1.54) is 26.5 Å². The zero-order valence-electron chi connectivity index (χ0n) is 41.7. The Balaban J connectivity index is 0.000000422. The summed E-state index contributed by atoms with van der Waals surface area (Å²) >= 11 is 0. The Bertz CT molecular complexity index is 2660. The predicted octanol–water partition coefficient (Wildman–Crippen LogP) is 3.34. The number of aromatic nitrogens is 8. The number of hydrogen-bond donors (Lipinski definition) is 5. The third-order valence-electron chi connectivity index (χ3n) is 9.82. The van der Waals surface area contributed by atoms with Crippen LogP contribution in [0.5, 0.6) is 0 Å². The Hall–Kier alpha value is -4.54. The first-order chi connectivity index (χ1) is 32.6. The fourth-order valence-corrected chi connectivity index (χ4v) is 10.6. The second-order valence-electron chi connectivity index (χ2n) is 17.3. The van der Waals surface area contributed by atoms with E-state index in [9.17, 15) is 23.6 Å². The number of esters is 2. The molecule has 2 aromatic carbocycles. The molecule has 384 valence electrons. The summed E-state index contributed by atoms with van der Waals surface area (Å²) in [7, 11) is -7.14. The number of fused-ring (bicyclic) bond motifs is 2. The summed E-state index contributed by atoms with van der Waals surface area (Å²) in [6.45, 7) is 18.8. The van der Waals surface area contributed by atoms with Crippen LogP contribution in [0.2, 0.25) is 0 Å². The minimum Gasteiger partial charge on any atom is -1.00 e. The smallest absolute Gasteiger partial charge is 1.00 e. The number of anilines is 2. The van der Waals surface area contributed by atoms with Crippen molar-refractivity contribution in [2.24, 2.45) is 0 Å². The van der Waals surface area contributed by atoms with E-state index in [1.807, 2.05) is 86.0 Å². The van der Waals surface area contributed by atoms with Gasteiger partial charge in [-0.1, -0.05) is 50.2 Å². The van der Waals surface area contributed by atoms with Crippen molar-refractivity contribution in [3.05, 3.63) is 104 Å². The molecule has 2 unspecified atom stereocenters. The molecule has 7 N–H and O–H groups in total. The molecule has 0 amide bonds. The van der Waals surface area contributed by atoms with E-state index in [4.69, 9.17) is 30.4 Å². The molecule has 21 nitrogen and oxygen atoms in total. The standard InChI is InChI=1S/C23H33N6O4P.C16H27N6O5P.C7H7.BrH.Mg/c1-5-11-32-22(30)23(3,4)28-34(31,13-18-9-7-6-8-10-18)16-33-17(2)12-29-15-27-19-20(24)25-14-26-21(19)29;1-5-6-26-15(23)16(3,4)21-28(24,25)10-27-11(2)7-22-9-20-12-13(17)18-8-19-14(12)22;1-7-5-3-2-4-6-7;;/h6-10,14-15,17H,5,11-13,16H2,1-4H3,(H,28,31)(H2,24,25,26);8-9,11H,5-7,10H2,1-4H3,(H2,17,18,19)(H2,21,24,25);2-6H,1H2;1H;/q;;-1;;+2/p-1/t17-,34?;11-;;;/m11.../s1. The Morgan fingerprint density at radius 3 is 1.55 bits per heavy atom. The van der Waals surface area contributed by atoms with Gasteiger partial charge in [0.1, 0.15) is 47.5 Å². The molecule has 0 fully saturated rings. The molecule has 0 saturated heterocycles. The number of nitrogens with two attached hydrogens (primary N) is 2. The van der Waals surface area contributed by atoms with Crippen molar-refractivity contribution in [1.29, 1.82) is 0 Å². The number of halogens is 1. The van der Waals surface area contributed by atoms with Crippen LogP contribution in [0.1, 0.15) is 79.4 Å². The number of rotatable bonds is 22. The first-order valence-corrected chi connectivity index (χ1v) is 26.3. The molecular formula is C46H67BrMgN12O9P2. The van der Waals surface area contributed by atoms with Gasteiger partial charge in [0.05, 0.1) is 51.2 Å². The van der Waals surface area contributed by atoms with E-state index in [1.54, 1.807) is 38.0 Å². The van der Waals surface area contributed by atoms with Gasteiger partial charge >= 0.3 is 35.0 Å². The molecule has 0 radical (unpaired) electrons. The number of ether oxygens (including phenoxy) is 4. The van der Waals surface area contributed by atoms with E-state index in [-0.39, 0.29) is 71.1 Å². The van der Waals surface area contributed by atoms with Crippen molar-refractivity contribution in [2.45, 2.75) is 111 Å². The fourth-order valence-electron chi connectivity index (χ4n) is 6.49. The van der Waals surface area contributed by atoms with Crippen LogP contribution < -0.4 is 38.6 Å². The van der Waals surface area contributed by atoms with Gasteiger partial charge in [0, 0.05) is 6.16 Å². The van der Waals surface area contributed by atoms with Crippen LogP contribution in [0.25, 0.3) is 22.3 Å². The molecule has 6 rings (SSSR count). The number of carbonyl (C=O) groups excluding carboxylic acids is 2. The SMILES string of the molecule is CCCOC(=O)C(C)(C)NP(=O)(CO[C@H](C)Cn1cnc2c(N)ncnc21)Cc1ccccc1.CCCOC(=O)C(C)(C)NP(=O)(O)CO[C@H](C)Cn1cnc2c(N)ncnc21.[Br-].[CH2-]c1ccccc1.[Mg+2]. The van der Waals surface area contributed by atoms with Gasteiger partial charge in [-0.3, -0.25) is 14.2 Å². The monoisotopic (exact) mass is 1100 g/mol. The maximum atomic E-state index is 14.0. The Labute approximate surface area is 442 Å². The van der Waals surface area contributed by atoms with Crippen LogP contribution in [0.4, 0.5) is 11.6 Å². The van der Waals surface area contributed by atoms with E-state index in [2.05, 4.69) is 47.0 Å². The largest absolute Gasteiger partial charge is 2.00 e. The molecule has 0 bridgehead atoms. The average molecular weight is 1100 g/mol. The number of nitrogens with one attached hydrogen (secondary N) is 2. The summed E-state index contributed by atoms with van der Waals surface area (Å²) in [5.74, 6) is -0.457. The Morgan fingerprint density at radius 1 is 0.704 bits per heavy atom. The van der Waals surface area contributed by atoms with Gasteiger partial charge in [0.2, 0.25) is 0 Å². The molecule has 4 heterocycles. The predicted molar refractivity (Wildman–Crippen MR) is 271 cm³/mol. The molecule has 6 aromatic rings. The van der Waals surface area contributed by atoms with Crippen LogP contribution in [0, 0.1) is 6.92 Å². The molecule has 4 atom stereocenters. The second-order valence-corrected chi connectivity index (χ2v) is 21.8. The number of carbonyl (C=O) groups is 2. The summed E-state index contributed by atoms with van der Waals surface area (Å²) < 4.78 is 51.9. The Morgan fingerprint density at radius 2 is 1.13 bits per heavy atom. The summed E-state index contributed by atoms with van der Waals surface area (Å²) in [5, 5.41) is 5.53. The molecule has 0 saturated carbocycles. The first-order valence-electron chi connectivity index (χ1n) is 22.4. The quantitative estimate of drug-likeness (QED) is 0.0282. The fraction of sp³-hybridized carbons (Fsp3) is 0.457. The molecule has 4 aromatic heterocycles. The second kappa shape index (κ2) is 29.2. The van der Waals surface area contributed by atoms with E-state index >= 15 is 0 Å². The van der Waals surface area contributed by atoms with Crippen molar-refractivity contribution < 1.29 is 59.5 Å². The number of nitrogen functional groups attached to an aromatic ring is 2. The number of benzene rings is 2. The average Bonchev–Trinajstić information content (AvgIpc) is 3.91. The van der Waals surface area contributed by atoms with E-state index < -0.39 is 50.3 Å². The van der Waals surface area contributed by atoms with Crippen LogP contribution in [0.15, 0.2) is 86.0 Å². The summed E-state index contributed by atoms with van der Waals surface area (Å²) in [6.07, 6.45) is 6.26. The van der Waals surface area contributed by atoms with Gasteiger partial charge in [-0.25, -0.2) is 40.1 Å². The number of nitrogens with zero attached hydrogens (tertiary/aromatic N) is 8. The van der Waals surface area contributed by atoms with Crippen molar-refractivity contribution in [2.75, 3.05) is 37.4 Å². The molecule has 71 heavy (non-hydrogen) atoms. The third kappa shape index (κ3) is 20.1. The molecule has 0 spiro atoms. The van der Waals surface area contributed by atoms with Crippen LogP contribution >= 0.6 is 14.8 Å². The third-order valence-corrected chi connectivity index (χ3v) is 13.6. The van der Waals surface area contributed by atoms with Crippen molar-refractivity contribution >= 4 is 83.8 Å². The van der Waals surface area contributed by atoms with Gasteiger partial charge in [0.15, 0.2) is 30.2 Å². The minimum absolute atomic E-state index is 0. The first kappa shape index (κ1) is 62.6. The zero-order valence-corrected chi connectivity index (χ0v) is 46.5. The molecule has 0 aliphatic heterocycles. The van der Waals surface area contributed by atoms with Gasteiger partial charge in [-0.2, -0.15) is 24.6 Å². The van der Waals surface area contributed by atoms with Crippen molar-refractivity contribution in [3.8, 4) is 0 Å². The molecule has 0 aliphatic rings. The molecular weight excluding hydrogens is 1030 g/mol. The van der Waals surface area contributed by atoms with E-state index in [0.717, 1.165) is 11.1 Å². The number of hydrogen-bond acceptors (Lipinski definition) is 16. The molecule has 25 heteroatoms. The van der Waals surface area contributed by atoms with Gasteiger partial charge in [0.25, 0.3) is 7.52 Å². The normalized spacial score (nSPS) is 13.9. The summed E-state index contributed by atoms with van der Waals surface area (Å²) in [5.41, 5.74) is 13.3. The van der Waals surface area contributed by atoms with Crippen molar-refractivity contribution in [1.82, 2.24) is 49.2 Å². The maximum Gasteiger partial charge on any atom is 2.00 e. The summed E-state index contributed by atoms with van der Waals surface area (Å²) in [6, 6.07) is 19.4. The van der Waals surface area contributed by atoms with Crippen molar-refractivity contribution in [3.63, 3.8) is 0 Å². The van der Waals surface area contributed by atoms with Crippen LogP contribution in [-0.4, -0.2) is 128 Å². The van der Waals surface area contributed by atoms with Gasteiger partial charge < -0.3 is 66.0 Å².